The molecule has 6 heteroatoms. The van der Waals surface area contributed by atoms with E-state index in [1.54, 1.807) is 48.5 Å². The molecule has 0 spiro atoms. The molecule has 0 bridgehead atoms. The van der Waals surface area contributed by atoms with Gasteiger partial charge in [0.15, 0.2) is 5.78 Å². The van der Waals surface area contributed by atoms with Crippen molar-refractivity contribution < 1.29 is 14.0 Å². The average molecular weight is 361 g/mol. The van der Waals surface area contributed by atoms with E-state index in [1.165, 1.54) is 4.90 Å². The summed E-state index contributed by atoms with van der Waals surface area (Å²) in [7, 11) is 0. The second kappa shape index (κ2) is 6.69. The van der Waals surface area contributed by atoms with Gasteiger partial charge in [0.2, 0.25) is 0 Å². The Morgan fingerprint density at radius 2 is 1.93 bits per heavy atom. The minimum absolute atomic E-state index is 0.00833. The van der Waals surface area contributed by atoms with Crippen LogP contribution in [0.15, 0.2) is 59.8 Å². The van der Waals surface area contributed by atoms with E-state index in [4.69, 9.17) is 5.26 Å². The van der Waals surface area contributed by atoms with Crippen molar-refractivity contribution in [3.05, 3.63) is 76.5 Å². The summed E-state index contributed by atoms with van der Waals surface area (Å²) in [6, 6.07) is 14.7. The molecular weight excluding hydrogens is 345 g/mol. The number of nitriles is 1. The number of alkyl halides is 1. The maximum Gasteiger partial charge on any atom is 0.327 e. The Balaban J connectivity index is 1.80. The molecule has 0 saturated heterocycles. The molecule has 27 heavy (non-hydrogen) atoms. The summed E-state index contributed by atoms with van der Waals surface area (Å²) < 4.78 is 13.0. The molecule has 5 nitrogen and oxygen atoms in total. The monoisotopic (exact) mass is 361 g/mol. The molecule has 2 aliphatic rings. The van der Waals surface area contributed by atoms with Gasteiger partial charge in [-0.25, -0.2) is 9.18 Å². The maximum atomic E-state index is 13.0. The topological polar surface area (TPSA) is 73.2 Å². The zero-order chi connectivity index (χ0) is 19.0. The molecule has 0 aromatic heterocycles. The number of allylic oxidation sites excluding steroid dienone is 1. The smallest absolute Gasteiger partial charge is 0.326 e. The van der Waals surface area contributed by atoms with E-state index in [1.807, 2.05) is 0 Å². The van der Waals surface area contributed by atoms with Gasteiger partial charge in [-0.05, 0) is 41.8 Å². The van der Waals surface area contributed by atoms with Crippen molar-refractivity contribution in [3.8, 4) is 6.07 Å². The molecule has 1 N–H and O–H groups in total. The molecule has 1 aliphatic heterocycles. The predicted molar refractivity (Wildman–Crippen MR) is 97.4 cm³/mol. The summed E-state index contributed by atoms with van der Waals surface area (Å²) in [4.78, 5) is 26.9. The van der Waals surface area contributed by atoms with E-state index in [2.05, 4.69) is 11.4 Å². The van der Waals surface area contributed by atoms with E-state index in [0.717, 1.165) is 5.56 Å². The van der Waals surface area contributed by atoms with E-state index in [-0.39, 0.29) is 11.8 Å². The third-order valence-electron chi connectivity index (χ3n) is 4.93. The Kier molecular flexibility index (Phi) is 4.21. The third kappa shape index (κ3) is 2.87. The molecule has 1 aliphatic carbocycles. The first-order valence-corrected chi connectivity index (χ1v) is 8.64. The summed E-state index contributed by atoms with van der Waals surface area (Å²) in [5, 5.41) is 11.8. The lowest BCUT2D eigenvalue weighted by Crippen LogP contribution is -2.47. The standard InChI is InChI=1S/C21H16FN3O2/c22-11-14-2-1-3-16(10-14)25-17-8-9-18(26)19(17)20(24-21(25)27)15-6-4-13(12-23)5-7-15/h1-7,10,20H,8-9,11H2,(H,24,27)/t20-/m0/s1. The SMILES string of the molecule is N#Cc1ccc([C@@H]2NC(=O)N(c3cccc(CF)c3)C3=C2C(=O)CC3)cc1. The van der Waals surface area contributed by atoms with Gasteiger partial charge in [0.1, 0.15) is 6.67 Å². The summed E-state index contributed by atoms with van der Waals surface area (Å²) >= 11 is 0. The number of halogens is 1. The minimum Gasteiger partial charge on any atom is -0.326 e. The molecular formula is C21H16FN3O2. The number of rotatable bonds is 3. The van der Waals surface area contributed by atoms with Crippen LogP contribution in [0, 0.1) is 11.3 Å². The Hall–Kier alpha value is -3.46. The van der Waals surface area contributed by atoms with E-state index in [9.17, 15) is 14.0 Å². The normalized spacial score (nSPS) is 19.0. The Bertz CT molecular complexity index is 1000. The van der Waals surface area contributed by atoms with Crippen LogP contribution in [0.4, 0.5) is 14.9 Å². The second-order valence-corrected chi connectivity index (χ2v) is 6.54. The highest BCUT2D eigenvalue weighted by molar-refractivity contribution is 6.08. The van der Waals surface area contributed by atoms with Gasteiger partial charge >= 0.3 is 6.03 Å². The fourth-order valence-corrected chi connectivity index (χ4v) is 3.66. The lowest BCUT2D eigenvalue weighted by atomic mass is 9.94. The Morgan fingerprint density at radius 3 is 2.63 bits per heavy atom. The number of urea groups is 1. The first kappa shape index (κ1) is 17.0. The highest BCUT2D eigenvalue weighted by Crippen LogP contribution is 2.40. The van der Waals surface area contributed by atoms with Gasteiger partial charge in [0.25, 0.3) is 0 Å². The number of hydrogen-bond acceptors (Lipinski definition) is 3. The number of amides is 2. The van der Waals surface area contributed by atoms with Crippen molar-refractivity contribution in [2.45, 2.75) is 25.6 Å². The molecule has 1 atom stereocenters. The Morgan fingerprint density at radius 1 is 1.15 bits per heavy atom. The number of ketones is 1. The number of Topliss-reactive ketones (excluding diaryl/α,β-unsaturated/α-hetero) is 1. The van der Waals surface area contributed by atoms with Crippen LogP contribution in [-0.2, 0) is 11.5 Å². The zero-order valence-electron chi connectivity index (χ0n) is 14.4. The van der Waals surface area contributed by atoms with Crippen molar-refractivity contribution in [3.63, 3.8) is 0 Å². The van der Waals surface area contributed by atoms with Crippen molar-refractivity contribution >= 4 is 17.5 Å². The predicted octanol–water partition coefficient (Wildman–Crippen LogP) is 3.92. The van der Waals surface area contributed by atoms with Crippen LogP contribution < -0.4 is 10.2 Å². The molecule has 2 aromatic rings. The highest BCUT2D eigenvalue weighted by atomic mass is 19.1. The van der Waals surface area contributed by atoms with Crippen LogP contribution >= 0.6 is 0 Å². The van der Waals surface area contributed by atoms with Crippen LogP contribution in [0.25, 0.3) is 0 Å². The highest BCUT2D eigenvalue weighted by Gasteiger charge is 2.41. The largest absolute Gasteiger partial charge is 0.327 e. The van der Waals surface area contributed by atoms with Crippen LogP contribution in [-0.4, -0.2) is 11.8 Å². The lowest BCUT2D eigenvalue weighted by Gasteiger charge is -2.34. The van der Waals surface area contributed by atoms with Gasteiger partial charge in [-0.15, -0.1) is 0 Å². The van der Waals surface area contributed by atoms with Crippen LogP contribution in [0.1, 0.15) is 35.6 Å². The second-order valence-electron chi connectivity index (χ2n) is 6.54. The van der Waals surface area contributed by atoms with E-state index < -0.39 is 12.7 Å². The van der Waals surface area contributed by atoms with Gasteiger partial charge in [-0.3, -0.25) is 9.69 Å². The molecule has 0 fully saturated rings. The van der Waals surface area contributed by atoms with Crippen molar-refractivity contribution in [1.29, 1.82) is 5.26 Å². The van der Waals surface area contributed by atoms with Crippen LogP contribution in [0.2, 0.25) is 0 Å². The number of anilines is 1. The molecule has 4 rings (SSSR count). The van der Waals surface area contributed by atoms with Crippen LogP contribution in [0.5, 0.6) is 0 Å². The number of nitrogens with one attached hydrogen (secondary N) is 1. The molecule has 0 unspecified atom stereocenters. The van der Waals surface area contributed by atoms with Gasteiger partial charge in [-0.1, -0.05) is 24.3 Å². The van der Waals surface area contributed by atoms with Gasteiger partial charge in [0.05, 0.1) is 23.4 Å². The fraction of sp³-hybridized carbons (Fsp3) is 0.190. The van der Waals surface area contributed by atoms with Crippen molar-refractivity contribution in [2.75, 3.05) is 4.90 Å². The Labute approximate surface area is 155 Å². The van der Waals surface area contributed by atoms with E-state index in [0.29, 0.717) is 40.9 Å². The van der Waals surface area contributed by atoms with E-state index >= 15 is 0 Å². The lowest BCUT2D eigenvalue weighted by molar-refractivity contribution is -0.115. The zero-order valence-corrected chi connectivity index (χ0v) is 14.4. The minimum atomic E-state index is -0.623. The van der Waals surface area contributed by atoms with Gasteiger partial charge < -0.3 is 5.32 Å². The number of benzene rings is 2. The summed E-state index contributed by atoms with van der Waals surface area (Å²) in [5.74, 6) is -0.00833. The van der Waals surface area contributed by atoms with Crippen molar-refractivity contribution in [2.24, 2.45) is 0 Å². The molecule has 1 heterocycles. The number of carbonyl (C=O) groups is 2. The molecule has 2 amide bonds. The number of hydrogen-bond donors (Lipinski definition) is 1. The first-order chi connectivity index (χ1) is 13.1. The van der Waals surface area contributed by atoms with Gasteiger partial charge in [0, 0.05) is 17.7 Å². The van der Waals surface area contributed by atoms with Gasteiger partial charge in [-0.2, -0.15) is 5.26 Å². The summed E-state index contributed by atoms with van der Waals surface area (Å²) in [6.45, 7) is -0.623. The van der Waals surface area contributed by atoms with Crippen LogP contribution in [0.3, 0.4) is 0 Å². The summed E-state index contributed by atoms with van der Waals surface area (Å²) in [5.41, 5.74) is 3.50. The quantitative estimate of drug-likeness (QED) is 0.901. The summed E-state index contributed by atoms with van der Waals surface area (Å²) in [6.07, 6.45) is 0.805. The first-order valence-electron chi connectivity index (χ1n) is 8.64. The number of nitrogens with zero attached hydrogens (tertiary/aromatic N) is 2. The van der Waals surface area contributed by atoms with Crippen molar-refractivity contribution in [1.82, 2.24) is 5.32 Å². The molecule has 0 radical (unpaired) electrons. The molecule has 2 aromatic carbocycles. The molecule has 134 valence electrons. The average Bonchev–Trinajstić information content (AvgIpc) is 3.09. The fourth-order valence-electron chi connectivity index (χ4n) is 3.66. The maximum absolute atomic E-state index is 13.0. The molecule has 0 saturated carbocycles. The third-order valence-corrected chi connectivity index (χ3v) is 4.93. The number of carbonyl (C=O) groups excluding carboxylic acids is 2.